The Labute approximate surface area is 112 Å². The minimum Gasteiger partial charge on any atom is -0.326 e. The van der Waals surface area contributed by atoms with E-state index in [0.29, 0.717) is 12.1 Å². The lowest BCUT2D eigenvalue weighted by Crippen LogP contribution is -2.08. The molecule has 0 unspecified atom stereocenters. The molecular formula is C16H16FNO. The molecule has 0 fully saturated rings. The summed E-state index contributed by atoms with van der Waals surface area (Å²) in [5.74, 6) is -0.473. The van der Waals surface area contributed by atoms with Crippen LogP contribution in [-0.4, -0.2) is 5.78 Å². The lowest BCUT2D eigenvalue weighted by Gasteiger charge is -2.07. The Morgan fingerprint density at radius 2 is 1.84 bits per heavy atom. The number of hydrogen-bond acceptors (Lipinski definition) is 2. The average Bonchev–Trinajstić information content (AvgIpc) is 2.38. The Morgan fingerprint density at radius 1 is 1.16 bits per heavy atom. The molecule has 0 atom stereocenters. The number of carbonyl (C=O) groups excluding carboxylic acids is 1. The number of hydrogen-bond donors (Lipinski definition) is 1. The van der Waals surface area contributed by atoms with Gasteiger partial charge in [0.15, 0.2) is 5.78 Å². The van der Waals surface area contributed by atoms with Gasteiger partial charge in [-0.2, -0.15) is 0 Å². The minimum atomic E-state index is -0.379. The average molecular weight is 257 g/mol. The van der Waals surface area contributed by atoms with Gasteiger partial charge in [-0.1, -0.05) is 24.3 Å². The SMILES string of the molecule is Cc1cc(F)cc(C(=O)Cc2ccccc2CN)c1. The molecule has 0 bridgehead atoms. The van der Waals surface area contributed by atoms with Crippen LogP contribution < -0.4 is 5.73 Å². The maximum absolute atomic E-state index is 13.3. The number of benzene rings is 2. The van der Waals surface area contributed by atoms with E-state index in [1.807, 2.05) is 24.3 Å². The van der Waals surface area contributed by atoms with Gasteiger partial charge in [0.1, 0.15) is 5.82 Å². The monoisotopic (exact) mass is 257 g/mol. The van der Waals surface area contributed by atoms with Crippen molar-refractivity contribution < 1.29 is 9.18 Å². The molecule has 2 rings (SSSR count). The number of Topliss-reactive ketones (excluding diaryl/α,β-unsaturated/α-hetero) is 1. The van der Waals surface area contributed by atoms with Crippen molar-refractivity contribution in [1.82, 2.24) is 0 Å². The minimum absolute atomic E-state index is 0.0940. The predicted octanol–water partition coefficient (Wildman–Crippen LogP) is 3.02. The van der Waals surface area contributed by atoms with E-state index in [2.05, 4.69) is 0 Å². The fourth-order valence-corrected chi connectivity index (χ4v) is 2.10. The van der Waals surface area contributed by atoms with E-state index in [1.54, 1.807) is 13.0 Å². The van der Waals surface area contributed by atoms with Gasteiger partial charge in [0, 0.05) is 18.5 Å². The number of carbonyl (C=O) groups is 1. The maximum atomic E-state index is 13.3. The van der Waals surface area contributed by atoms with Crippen molar-refractivity contribution in [2.45, 2.75) is 19.9 Å². The third-order valence-corrected chi connectivity index (χ3v) is 3.05. The molecule has 0 saturated carbocycles. The second kappa shape index (κ2) is 5.76. The molecule has 0 heterocycles. The van der Waals surface area contributed by atoms with Crippen molar-refractivity contribution in [2.24, 2.45) is 5.73 Å². The molecule has 0 aliphatic heterocycles. The maximum Gasteiger partial charge on any atom is 0.167 e. The van der Waals surface area contributed by atoms with Crippen LogP contribution in [0.3, 0.4) is 0 Å². The first-order valence-corrected chi connectivity index (χ1v) is 6.17. The Bertz CT molecular complexity index is 587. The number of nitrogens with two attached hydrogens (primary N) is 1. The predicted molar refractivity (Wildman–Crippen MR) is 73.5 cm³/mol. The lowest BCUT2D eigenvalue weighted by atomic mass is 9.98. The summed E-state index contributed by atoms with van der Waals surface area (Å²) in [4.78, 5) is 12.2. The molecule has 2 nitrogen and oxygen atoms in total. The lowest BCUT2D eigenvalue weighted by molar-refractivity contribution is 0.0992. The van der Waals surface area contributed by atoms with E-state index in [-0.39, 0.29) is 18.0 Å². The molecule has 0 radical (unpaired) electrons. The summed E-state index contributed by atoms with van der Waals surface area (Å²) in [5.41, 5.74) is 8.64. The molecule has 0 saturated heterocycles. The van der Waals surface area contributed by atoms with Crippen LogP contribution in [-0.2, 0) is 13.0 Å². The van der Waals surface area contributed by atoms with E-state index in [1.165, 1.54) is 12.1 Å². The Kier molecular flexibility index (Phi) is 4.07. The Balaban J connectivity index is 2.25. The van der Waals surface area contributed by atoms with Crippen LogP contribution in [0, 0.1) is 12.7 Å². The van der Waals surface area contributed by atoms with Crippen LogP contribution in [0.4, 0.5) is 4.39 Å². The zero-order valence-corrected chi connectivity index (χ0v) is 10.8. The van der Waals surface area contributed by atoms with Gasteiger partial charge in [0.05, 0.1) is 0 Å². The summed E-state index contributed by atoms with van der Waals surface area (Å²) in [6.07, 6.45) is 0.246. The third-order valence-electron chi connectivity index (χ3n) is 3.05. The molecule has 0 amide bonds. The first-order valence-electron chi connectivity index (χ1n) is 6.17. The van der Waals surface area contributed by atoms with Crippen molar-refractivity contribution in [2.75, 3.05) is 0 Å². The number of rotatable bonds is 4. The summed E-state index contributed by atoms with van der Waals surface area (Å²) in [5, 5.41) is 0. The zero-order chi connectivity index (χ0) is 13.8. The first kappa shape index (κ1) is 13.4. The fourth-order valence-electron chi connectivity index (χ4n) is 2.10. The van der Waals surface area contributed by atoms with Crippen LogP contribution in [0.15, 0.2) is 42.5 Å². The molecule has 19 heavy (non-hydrogen) atoms. The smallest absolute Gasteiger partial charge is 0.167 e. The van der Waals surface area contributed by atoms with Gasteiger partial charge in [0.2, 0.25) is 0 Å². The highest BCUT2D eigenvalue weighted by Gasteiger charge is 2.11. The van der Waals surface area contributed by atoms with Gasteiger partial charge in [-0.05, 0) is 41.8 Å². The molecule has 0 aliphatic rings. The number of aryl methyl sites for hydroxylation is 1. The first-order chi connectivity index (χ1) is 9.10. The van der Waals surface area contributed by atoms with Gasteiger partial charge >= 0.3 is 0 Å². The van der Waals surface area contributed by atoms with Crippen LogP contribution in [0.1, 0.15) is 27.0 Å². The molecule has 98 valence electrons. The molecule has 2 aromatic carbocycles. The van der Waals surface area contributed by atoms with Crippen LogP contribution >= 0.6 is 0 Å². The molecule has 0 spiro atoms. The van der Waals surface area contributed by atoms with E-state index in [4.69, 9.17) is 5.73 Å². The Hall–Kier alpha value is -2.00. The van der Waals surface area contributed by atoms with Crippen molar-refractivity contribution in [1.29, 1.82) is 0 Å². The molecule has 3 heteroatoms. The summed E-state index contributed by atoms with van der Waals surface area (Å²) in [7, 11) is 0. The molecular weight excluding hydrogens is 241 g/mol. The third kappa shape index (κ3) is 3.26. The quantitative estimate of drug-likeness (QED) is 0.855. The van der Waals surface area contributed by atoms with Gasteiger partial charge in [-0.15, -0.1) is 0 Å². The second-order valence-corrected chi connectivity index (χ2v) is 4.59. The highest BCUT2D eigenvalue weighted by atomic mass is 19.1. The zero-order valence-electron chi connectivity index (χ0n) is 10.8. The van der Waals surface area contributed by atoms with E-state index < -0.39 is 0 Å². The van der Waals surface area contributed by atoms with Crippen LogP contribution in [0.5, 0.6) is 0 Å². The molecule has 2 aromatic rings. The van der Waals surface area contributed by atoms with Gasteiger partial charge in [-0.3, -0.25) is 4.79 Å². The van der Waals surface area contributed by atoms with Gasteiger partial charge in [-0.25, -0.2) is 4.39 Å². The van der Waals surface area contributed by atoms with Crippen LogP contribution in [0.25, 0.3) is 0 Å². The highest BCUT2D eigenvalue weighted by Crippen LogP contribution is 2.14. The van der Waals surface area contributed by atoms with Gasteiger partial charge in [0.25, 0.3) is 0 Å². The second-order valence-electron chi connectivity index (χ2n) is 4.59. The topological polar surface area (TPSA) is 43.1 Å². The molecule has 0 aliphatic carbocycles. The number of halogens is 1. The van der Waals surface area contributed by atoms with E-state index in [9.17, 15) is 9.18 Å². The standard InChI is InChI=1S/C16H16FNO/c1-11-6-14(8-15(17)7-11)16(19)9-12-4-2-3-5-13(12)10-18/h2-8H,9-10,18H2,1H3. The van der Waals surface area contributed by atoms with Gasteiger partial charge < -0.3 is 5.73 Å². The normalized spacial score (nSPS) is 10.5. The van der Waals surface area contributed by atoms with Crippen molar-refractivity contribution in [3.05, 3.63) is 70.5 Å². The van der Waals surface area contributed by atoms with Crippen LogP contribution in [0.2, 0.25) is 0 Å². The largest absolute Gasteiger partial charge is 0.326 e. The fraction of sp³-hybridized carbons (Fsp3) is 0.188. The molecule has 2 N–H and O–H groups in total. The summed E-state index contributed by atoms with van der Waals surface area (Å²) in [6, 6.07) is 11.9. The number of ketones is 1. The highest BCUT2D eigenvalue weighted by molar-refractivity contribution is 5.97. The van der Waals surface area contributed by atoms with Crippen molar-refractivity contribution in [3.8, 4) is 0 Å². The van der Waals surface area contributed by atoms with Crippen molar-refractivity contribution >= 4 is 5.78 Å². The summed E-state index contributed by atoms with van der Waals surface area (Å²) >= 11 is 0. The molecule has 0 aromatic heterocycles. The Morgan fingerprint density at radius 3 is 2.47 bits per heavy atom. The van der Waals surface area contributed by atoms with Crippen molar-refractivity contribution in [3.63, 3.8) is 0 Å². The summed E-state index contributed by atoms with van der Waals surface area (Å²) < 4.78 is 13.3. The van der Waals surface area contributed by atoms with E-state index >= 15 is 0 Å². The summed E-state index contributed by atoms with van der Waals surface area (Å²) in [6.45, 7) is 2.17. The van der Waals surface area contributed by atoms with E-state index in [0.717, 1.165) is 16.7 Å².